The van der Waals surface area contributed by atoms with E-state index < -0.39 is 5.82 Å². The lowest BCUT2D eigenvalue weighted by Crippen LogP contribution is -2.40. The molecule has 1 saturated heterocycles. The fourth-order valence-corrected chi connectivity index (χ4v) is 4.38. The number of nitrogens with two attached hydrogens (primary N) is 1. The number of nitriles is 1. The largest absolute Gasteiger partial charge is 0.361 e. The highest BCUT2D eigenvalue weighted by Gasteiger charge is 2.21. The van der Waals surface area contributed by atoms with Crippen LogP contribution in [0.3, 0.4) is 0 Å². The molecule has 0 atom stereocenters. The van der Waals surface area contributed by atoms with Crippen molar-refractivity contribution in [3.8, 4) is 28.5 Å². The van der Waals surface area contributed by atoms with Gasteiger partial charge < -0.3 is 15.2 Å². The first-order valence-electron chi connectivity index (χ1n) is 10.9. The molecule has 2 N–H and O–H groups in total. The van der Waals surface area contributed by atoms with Crippen molar-refractivity contribution in [2.45, 2.75) is 32.7 Å². The second-order valence-electron chi connectivity index (χ2n) is 8.43. The Morgan fingerprint density at radius 2 is 1.85 bits per heavy atom. The Kier molecular flexibility index (Phi) is 5.27. The molecule has 166 valence electrons. The molecule has 2 aromatic heterocycles. The zero-order valence-electron chi connectivity index (χ0n) is 18.5. The van der Waals surface area contributed by atoms with Gasteiger partial charge in [-0.25, -0.2) is 14.4 Å². The number of aryl methyl sites for hydroxylation is 2. The van der Waals surface area contributed by atoms with Crippen LogP contribution in [0.1, 0.15) is 29.9 Å². The molecule has 0 radical (unpaired) electrons. The van der Waals surface area contributed by atoms with Gasteiger partial charge in [0.15, 0.2) is 0 Å². The van der Waals surface area contributed by atoms with Crippen molar-refractivity contribution in [2.24, 2.45) is 5.73 Å². The normalized spacial score (nSPS) is 14.6. The quantitative estimate of drug-likeness (QED) is 0.498. The first kappa shape index (κ1) is 21.0. The zero-order chi connectivity index (χ0) is 23.1. The van der Waals surface area contributed by atoms with Crippen molar-refractivity contribution in [3.05, 3.63) is 59.2 Å². The van der Waals surface area contributed by atoms with Crippen LogP contribution in [0.5, 0.6) is 0 Å². The van der Waals surface area contributed by atoms with E-state index in [2.05, 4.69) is 10.1 Å². The maximum atomic E-state index is 14.5. The van der Waals surface area contributed by atoms with Gasteiger partial charge in [-0.05, 0) is 56.5 Å². The number of rotatable bonds is 3. The predicted molar refractivity (Wildman–Crippen MR) is 124 cm³/mol. The van der Waals surface area contributed by atoms with Crippen LogP contribution in [0.2, 0.25) is 0 Å². The summed E-state index contributed by atoms with van der Waals surface area (Å²) in [6.07, 6.45) is 1.74. The Labute approximate surface area is 190 Å². The van der Waals surface area contributed by atoms with Crippen LogP contribution in [0.25, 0.3) is 33.3 Å². The van der Waals surface area contributed by atoms with Crippen LogP contribution in [-0.2, 0) is 0 Å². The van der Waals surface area contributed by atoms with Gasteiger partial charge in [-0.15, -0.1) is 0 Å². The van der Waals surface area contributed by atoms with Crippen molar-refractivity contribution in [1.82, 2.24) is 15.1 Å². The third kappa shape index (κ3) is 3.81. The highest BCUT2D eigenvalue weighted by molar-refractivity contribution is 5.96. The molecule has 7 nitrogen and oxygen atoms in total. The molecule has 0 bridgehead atoms. The Bertz CT molecular complexity index is 1380. The molecule has 3 heterocycles. The van der Waals surface area contributed by atoms with Gasteiger partial charge in [-0.1, -0.05) is 17.3 Å². The molecule has 0 amide bonds. The molecule has 0 unspecified atom stereocenters. The summed E-state index contributed by atoms with van der Waals surface area (Å²) in [4.78, 5) is 11.8. The topological polar surface area (TPSA) is 105 Å². The average molecular weight is 442 g/mol. The van der Waals surface area contributed by atoms with Crippen LogP contribution in [0, 0.1) is 31.0 Å². The summed E-state index contributed by atoms with van der Waals surface area (Å²) >= 11 is 0. The average Bonchev–Trinajstić information content (AvgIpc) is 3.16. The fourth-order valence-electron chi connectivity index (χ4n) is 4.38. The smallest absolute Gasteiger partial charge is 0.226 e. The third-order valence-electron chi connectivity index (χ3n) is 6.19. The molecule has 1 aliphatic heterocycles. The number of nitrogens with zero attached hydrogens (tertiary/aromatic N) is 5. The molecule has 2 aromatic carbocycles. The summed E-state index contributed by atoms with van der Waals surface area (Å²) in [7, 11) is 0. The zero-order valence-corrected chi connectivity index (χ0v) is 18.5. The molecular formula is C25H23FN6O. The minimum Gasteiger partial charge on any atom is -0.361 e. The molecule has 0 spiro atoms. The van der Waals surface area contributed by atoms with Gasteiger partial charge in [-0.2, -0.15) is 5.26 Å². The minimum absolute atomic E-state index is 0.00115. The van der Waals surface area contributed by atoms with Crippen molar-refractivity contribution in [3.63, 3.8) is 0 Å². The number of hydrogen-bond donors (Lipinski definition) is 1. The van der Waals surface area contributed by atoms with Crippen LogP contribution >= 0.6 is 0 Å². The van der Waals surface area contributed by atoms with Gasteiger partial charge in [0, 0.05) is 35.6 Å². The van der Waals surface area contributed by atoms with Crippen molar-refractivity contribution < 1.29 is 8.91 Å². The molecule has 5 rings (SSSR count). The lowest BCUT2D eigenvalue weighted by molar-refractivity contribution is 0.393. The van der Waals surface area contributed by atoms with Gasteiger partial charge in [0.05, 0.1) is 22.5 Å². The Balaban J connectivity index is 1.71. The molecule has 0 saturated carbocycles. The van der Waals surface area contributed by atoms with Gasteiger partial charge >= 0.3 is 0 Å². The number of aromatic nitrogens is 3. The number of anilines is 1. The van der Waals surface area contributed by atoms with E-state index in [1.54, 1.807) is 6.07 Å². The minimum atomic E-state index is -0.575. The van der Waals surface area contributed by atoms with Gasteiger partial charge in [0.2, 0.25) is 5.95 Å². The molecule has 33 heavy (non-hydrogen) atoms. The van der Waals surface area contributed by atoms with E-state index in [0.717, 1.165) is 59.4 Å². The first-order chi connectivity index (χ1) is 15.9. The van der Waals surface area contributed by atoms with E-state index >= 15 is 0 Å². The maximum absolute atomic E-state index is 14.5. The Hall–Kier alpha value is -3.83. The molecule has 4 aromatic rings. The monoisotopic (exact) mass is 442 g/mol. The third-order valence-corrected chi connectivity index (χ3v) is 6.19. The Morgan fingerprint density at radius 3 is 2.52 bits per heavy atom. The highest BCUT2D eigenvalue weighted by atomic mass is 19.1. The number of fused-ring (bicyclic) bond motifs is 1. The van der Waals surface area contributed by atoms with Crippen LogP contribution in [-0.4, -0.2) is 34.3 Å². The second kappa shape index (κ2) is 8.26. The standard InChI is InChI=1S/C25H23FN6O/c1-14-23(15(2)33-31-14)16-5-6-22-20(11-16)24(17-3-4-18(13-27)21(26)12-17)30-25(29-22)32-9-7-19(28)8-10-32/h3-6,11-12,19H,7-10,28H2,1-2H3. The van der Waals surface area contributed by atoms with Crippen molar-refractivity contribution in [2.75, 3.05) is 18.0 Å². The second-order valence-corrected chi connectivity index (χ2v) is 8.43. The number of hydrogen-bond acceptors (Lipinski definition) is 7. The van der Waals surface area contributed by atoms with E-state index in [1.165, 1.54) is 12.1 Å². The summed E-state index contributed by atoms with van der Waals surface area (Å²) in [5, 5.41) is 14.0. The van der Waals surface area contributed by atoms with Crippen molar-refractivity contribution in [1.29, 1.82) is 5.26 Å². The fraction of sp³-hybridized carbons (Fsp3) is 0.280. The number of benzene rings is 2. The van der Waals surface area contributed by atoms with Crippen LogP contribution < -0.4 is 10.6 Å². The van der Waals surface area contributed by atoms with Gasteiger partial charge in [0.1, 0.15) is 17.6 Å². The van der Waals surface area contributed by atoms with E-state index in [1.807, 2.05) is 38.1 Å². The van der Waals surface area contributed by atoms with E-state index in [9.17, 15) is 4.39 Å². The van der Waals surface area contributed by atoms with E-state index in [-0.39, 0.29) is 11.6 Å². The number of piperidine rings is 1. The first-order valence-corrected chi connectivity index (χ1v) is 10.9. The summed E-state index contributed by atoms with van der Waals surface area (Å²) in [5.41, 5.74) is 10.7. The lowest BCUT2D eigenvalue weighted by atomic mass is 9.99. The summed E-state index contributed by atoms with van der Waals surface area (Å²) in [6, 6.07) is 12.5. The SMILES string of the molecule is Cc1noc(C)c1-c1ccc2nc(N3CCC(N)CC3)nc(-c3ccc(C#N)c(F)c3)c2c1. The molecule has 8 heteroatoms. The predicted octanol–water partition coefficient (Wildman–Crippen LogP) is 4.51. The molecular weight excluding hydrogens is 419 g/mol. The summed E-state index contributed by atoms with van der Waals surface area (Å²) in [5.74, 6) is 0.744. The summed E-state index contributed by atoms with van der Waals surface area (Å²) in [6.45, 7) is 5.31. The van der Waals surface area contributed by atoms with E-state index in [0.29, 0.717) is 17.2 Å². The van der Waals surface area contributed by atoms with Gasteiger partial charge in [-0.3, -0.25) is 0 Å². The molecule has 0 aliphatic carbocycles. The molecule has 1 fully saturated rings. The lowest BCUT2D eigenvalue weighted by Gasteiger charge is -2.30. The Morgan fingerprint density at radius 1 is 1.09 bits per heavy atom. The molecule has 1 aliphatic rings. The van der Waals surface area contributed by atoms with Crippen LogP contribution in [0.15, 0.2) is 40.9 Å². The highest BCUT2D eigenvalue weighted by Crippen LogP contribution is 2.35. The van der Waals surface area contributed by atoms with Gasteiger partial charge in [0.25, 0.3) is 0 Å². The van der Waals surface area contributed by atoms with Crippen LogP contribution in [0.4, 0.5) is 10.3 Å². The number of halogens is 1. The van der Waals surface area contributed by atoms with Crippen molar-refractivity contribution >= 4 is 16.9 Å². The van der Waals surface area contributed by atoms with E-state index in [4.69, 9.17) is 25.5 Å². The maximum Gasteiger partial charge on any atom is 0.226 e. The summed E-state index contributed by atoms with van der Waals surface area (Å²) < 4.78 is 19.9.